The number of ether oxygens (including phenoxy) is 2. The Kier molecular flexibility index (Phi) is 5.84. The molecule has 1 amide bonds. The van der Waals surface area contributed by atoms with E-state index in [0.717, 1.165) is 24.9 Å². The van der Waals surface area contributed by atoms with Gasteiger partial charge in [0.15, 0.2) is 11.5 Å². The smallest absolute Gasteiger partial charge is 0.251 e. The van der Waals surface area contributed by atoms with E-state index in [2.05, 4.69) is 5.32 Å². The summed E-state index contributed by atoms with van der Waals surface area (Å²) in [6.07, 6.45) is 1.76. The van der Waals surface area contributed by atoms with Crippen molar-refractivity contribution in [2.45, 2.75) is 25.8 Å². The highest BCUT2D eigenvalue weighted by molar-refractivity contribution is 5.95. The van der Waals surface area contributed by atoms with Gasteiger partial charge < -0.3 is 19.7 Å². The van der Waals surface area contributed by atoms with Gasteiger partial charge in [0, 0.05) is 24.7 Å². The first-order chi connectivity index (χ1) is 13.0. The van der Waals surface area contributed by atoms with E-state index in [1.807, 2.05) is 17.9 Å². The maximum absolute atomic E-state index is 14.2. The van der Waals surface area contributed by atoms with E-state index in [1.54, 1.807) is 31.4 Å². The molecule has 1 unspecified atom stereocenters. The maximum atomic E-state index is 14.2. The summed E-state index contributed by atoms with van der Waals surface area (Å²) in [4.78, 5) is 14.7. The molecule has 2 aromatic rings. The Balaban J connectivity index is 1.70. The molecule has 1 atom stereocenters. The number of rotatable bonds is 5. The number of amides is 1. The third kappa shape index (κ3) is 4.32. The van der Waals surface area contributed by atoms with Gasteiger partial charge in [0.25, 0.3) is 5.91 Å². The minimum absolute atomic E-state index is 0.0424. The Labute approximate surface area is 159 Å². The fourth-order valence-corrected chi connectivity index (χ4v) is 3.42. The van der Waals surface area contributed by atoms with Crippen LogP contribution in [0.5, 0.6) is 11.5 Å². The van der Waals surface area contributed by atoms with Gasteiger partial charge in [-0.05, 0) is 55.7 Å². The fraction of sp³-hybridized carbons (Fsp3) is 0.381. The summed E-state index contributed by atoms with van der Waals surface area (Å²) in [5, 5.41) is 3.06. The number of anilines is 1. The molecule has 0 spiro atoms. The second-order valence-corrected chi connectivity index (χ2v) is 6.78. The van der Waals surface area contributed by atoms with Crippen LogP contribution in [-0.4, -0.2) is 39.3 Å². The van der Waals surface area contributed by atoms with Gasteiger partial charge in [0.05, 0.1) is 19.9 Å². The number of nitrogens with zero attached hydrogens (tertiary/aromatic N) is 1. The lowest BCUT2D eigenvalue weighted by atomic mass is 10.0. The number of hydrogen-bond acceptors (Lipinski definition) is 4. The van der Waals surface area contributed by atoms with Gasteiger partial charge in [-0.25, -0.2) is 4.39 Å². The summed E-state index contributed by atoms with van der Waals surface area (Å²) in [6.45, 7) is 3.31. The van der Waals surface area contributed by atoms with Crippen molar-refractivity contribution in [2.75, 3.05) is 32.2 Å². The number of benzene rings is 2. The molecule has 0 saturated carbocycles. The highest BCUT2D eigenvalue weighted by Crippen LogP contribution is 2.28. The molecule has 2 aromatic carbocycles. The molecule has 0 bridgehead atoms. The van der Waals surface area contributed by atoms with Crippen LogP contribution in [0.2, 0.25) is 0 Å². The lowest BCUT2D eigenvalue weighted by molar-refractivity contribution is 0.0932. The number of methoxy groups -OCH3 is 2. The Morgan fingerprint density at radius 1 is 1.15 bits per heavy atom. The molecule has 0 aromatic heterocycles. The molecule has 1 saturated heterocycles. The van der Waals surface area contributed by atoms with Crippen LogP contribution in [-0.2, 0) is 0 Å². The Morgan fingerprint density at radius 2 is 1.93 bits per heavy atom. The topological polar surface area (TPSA) is 50.8 Å². The fourth-order valence-electron chi connectivity index (χ4n) is 3.42. The molecular formula is C21H25FN2O3. The molecule has 0 radical (unpaired) electrons. The summed E-state index contributed by atoms with van der Waals surface area (Å²) in [5.41, 5.74) is 2.12. The molecule has 0 aliphatic carbocycles. The second kappa shape index (κ2) is 8.29. The van der Waals surface area contributed by atoms with Crippen LogP contribution in [0.4, 0.5) is 10.1 Å². The van der Waals surface area contributed by atoms with Gasteiger partial charge in [-0.1, -0.05) is 6.07 Å². The van der Waals surface area contributed by atoms with Crippen LogP contribution in [0.3, 0.4) is 0 Å². The minimum atomic E-state index is -0.229. The molecule has 1 heterocycles. The van der Waals surface area contributed by atoms with Crippen LogP contribution in [0.25, 0.3) is 0 Å². The summed E-state index contributed by atoms with van der Waals surface area (Å²) >= 11 is 0. The third-order valence-corrected chi connectivity index (χ3v) is 4.84. The van der Waals surface area contributed by atoms with Crippen molar-refractivity contribution >= 4 is 11.6 Å². The Bertz CT molecular complexity index is 825. The van der Waals surface area contributed by atoms with E-state index in [1.165, 1.54) is 13.2 Å². The van der Waals surface area contributed by atoms with Crippen molar-refractivity contribution in [3.63, 3.8) is 0 Å². The maximum Gasteiger partial charge on any atom is 0.251 e. The van der Waals surface area contributed by atoms with E-state index >= 15 is 0 Å². The average molecular weight is 372 g/mol. The third-order valence-electron chi connectivity index (χ3n) is 4.84. The van der Waals surface area contributed by atoms with Crippen LogP contribution >= 0.6 is 0 Å². The molecule has 6 heteroatoms. The quantitative estimate of drug-likeness (QED) is 0.872. The van der Waals surface area contributed by atoms with Crippen molar-refractivity contribution in [2.24, 2.45) is 0 Å². The van der Waals surface area contributed by atoms with Gasteiger partial charge >= 0.3 is 0 Å². The first-order valence-corrected chi connectivity index (χ1v) is 9.06. The van der Waals surface area contributed by atoms with Crippen LogP contribution in [0.15, 0.2) is 36.4 Å². The summed E-state index contributed by atoms with van der Waals surface area (Å²) in [7, 11) is 3.09. The first-order valence-electron chi connectivity index (χ1n) is 9.06. The number of piperidine rings is 1. The van der Waals surface area contributed by atoms with Crippen LogP contribution in [0, 0.1) is 12.7 Å². The monoisotopic (exact) mass is 372 g/mol. The summed E-state index contributed by atoms with van der Waals surface area (Å²) < 4.78 is 24.7. The average Bonchev–Trinajstić information content (AvgIpc) is 2.69. The first kappa shape index (κ1) is 19.0. The number of carbonyl (C=O) groups is 1. The normalized spacial score (nSPS) is 16.7. The Morgan fingerprint density at radius 3 is 2.67 bits per heavy atom. The van der Waals surface area contributed by atoms with Crippen LogP contribution < -0.4 is 19.7 Å². The van der Waals surface area contributed by atoms with Gasteiger partial charge in [0.1, 0.15) is 5.82 Å². The zero-order chi connectivity index (χ0) is 19.4. The zero-order valence-corrected chi connectivity index (χ0v) is 15.9. The van der Waals surface area contributed by atoms with E-state index in [9.17, 15) is 9.18 Å². The van der Waals surface area contributed by atoms with E-state index < -0.39 is 0 Å². The molecule has 144 valence electrons. The van der Waals surface area contributed by atoms with Crippen LogP contribution in [0.1, 0.15) is 28.8 Å². The Hall–Kier alpha value is -2.76. The van der Waals surface area contributed by atoms with Crippen molar-refractivity contribution < 1.29 is 18.7 Å². The molecular weight excluding hydrogens is 347 g/mol. The molecule has 1 aliphatic heterocycles. The molecule has 1 fully saturated rings. The number of hydrogen-bond donors (Lipinski definition) is 1. The zero-order valence-electron chi connectivity index (χ0n) is 15.9. The minimum Gasteiger partial charge on any atom is -0.493 e. The van der Waals surface area contributed by atoms with Gasteiger partial charge in [-0.15, -0.1) is 0 Å². The SMILES string of the molecule is COc1ccc(C(=O)NC2CCCN(c3cc(C)ccc3F)C2)cc1OC. The lowest BCUT2D eigenvalue weighted by Crippen LogP contribution is -2.48. The van der Waals surface area contributed by atoms with Crippen molar-refractivity contribution in [1.82, 2.24) is 5.32 Å². The van der Waals surface area contributed by atoms with Gasteiger partial charge in [-0.3, -0.25) is 4.79 Å². The predicted molar refractivity (Wildman–Crippen MR) is 103 cm³/mol. The molecule has 5 nitrogen and oxygen atoms in total. The molecule has 27 heavy (non-hydrogen) atoms. The lowest BCUT2D eigenvalue weighted by Gasteiger charge is -2.35. The number of aryl methyl sites for hydroxylation is 1. The molecule has 1 N–H and O–H groups in total. The second-order valence-electron chi connectivity index (χ2n) is 6.78. The number of nitrogens with one attached hydrogen (secondary N) is 1. The van der Waals surface area contributed by atoms with Crippen molar-refractivity contribution in [3.8, 4) is 11.5 Å². The molecule has 3 rings (SSSR count). The largest absolute Gasteiger partial charge is 0.493 e. The van der Waals surface area contributed by atoms with Crippen molar-refractivity contribution in [3.05, 3.63) is 53.3 Å². The summed E-state index contributed by atoms with van der Waals surface area (Å²) in [6, 6.07) is 10.2. The molecule has 1 aliphatic rings. The van der Waals surface area contributed by atoms with E-state index in [0.29, 0.717) is 29.3 Å². The van der Waals surface area contributed by atoms with Gasteiger partial charge in [0.2, 0.25) is 0 Å². The van der Waals surface area contributed by atoms with Gasteiger partial charge in [-0.2, -0.15) is 0 Å². The number of halogens is 1. The van der Waals surface area contributed by atoms with Crippen molar-refractivity contribution in [1.29, 1.82) is 0 Å². The highest BCUT2D eigenvalue weighted by Gasteiger charge is 2.24. The highest BCUT2D eigenvalue weighted by atomic mass is 19.1. The standard InChI is InChI=1S/C21H25FN2O3/c1-14-6-8-17(22)18(11-14)24-10-4-5-16(13-24)23-21(25)15-7-9-19(26-2)20(12-15)27-3/h6-9,11-12,16H,4-5,10,13H2,1-3H3,(H,23,25). The summed E-state index contributed by atoms with van der Waals surface area (Å²) in [5.74, 6) is 0.685. The van der Waals surface area contributed by atoms with E-state index in [-0.39, 0.29) is 17.8 Å². The number of carbonyl (C=O) groups excluding carboxylic acids is 1. The predicted octanol–water partition coefficient (Wildman–Crippen LogP) is 3.55. The van der Waals surface area contributed by atoms with E-state index in [4.69, 9.17) is 9.47 Å².